The van der Waals surface area contributed by atoms with E-state index in [0.29, 0.717) is 14.9 Å². The van der Waals surface area contributed by atoms with E-state index in [4.69, 9.17) is 28.3 Å². The molecule has 0 aromatic heterocycles. The summed E-state index contributed by atoms with van der Waals surface area (Å²) in [5, 5.41) is 12.1. The number of thioether (sulfide) groups is 1. The zero-order valence-corrected chi connectivity index (χ0v) is 11.8. The van der Waals surface area contributed by atoms with Gasteiger partial charge in [-0.1, -0.05) is 29.3 Å². The van der Waals surface area contributed by atoms with Crippen LogP contribution in [0.25, 0.3) is 0 Å². The van der Waals surface area contributed by atoms with Gasteiger partial charge >= 0.3 is 5.97 Å². The van der Waals surface area contributed by atoms with Crippen molar-refractivity contribution < 1.29 is 14.7 Å². The SMILES string of the molecule is CC(=O)NC(CSc1cccc(Cl)c1Cl)C(=O)O. The molecule has 0 aliphatic carbocycles. The van der Waals surface area contributed by atoms with E-state index in [2.05, 4.69) is 5.32 Å². The Kier molecular flexibility index (Phi) is 5.78. The molecule has 2 N–H and O–H groups in total. The molecule has 0 aliphatic heterocycles. The number of carbonyl (C=O) groups excluding carboxylic acids is 1. The smallest absolute Gasteiger partial charge is 0.327 e. The average molecular weight is 308 g/mol. The summed E-state index contributed by atoms with van der Waals surface area (Å²) in [6.07, 6.45) is 0. The van der Waals surface area contributed by atoms with Crippen molar-refractivity contribution in [3.05, 3.63) is 28.2 Å². The van der Waals surface area contributed by atoms with Gasteiger partial charge in [-0.2, -0.15) is 0 Å². The van der Waals surface area contributed by atoms with Crippen LogP contribution >= 0.6 is 35.0 Å². The zero-order valence-electron chi connectivity index (χ0n) is 9.44. The first-order valence-corrected chi connectivity index (χ1v) is 6.72. The van der Waals surface area contributed by atoms with Gasteiger partial charge in [0.15, 0.2) is 0 Å². The van der Waals surface area contributed by atoms with Crippen molar-refractivity contribution in [3.8, 4) is 0 Å². The highest BCUT2D eigenvalue weighted by molar-refractivity contribution is 7.99. The molecule has 7 heteroatoms. The number of hydrogen-bond acceptors (Lipinski definition) is 3. The number of carbonyl (C=O) groups is 2. The highest BCUT2D eigenvalue weighted by atomic mass is 35.5. The molecule has 0 radical (unpaired) electrons. The number of halogens is 2. The summed E-state index contributed by atoms with van der Waals surface area (Å²) >= 11 is 13.0. The Morgan fingerprint density at radius 3 is 2.67 bits per heavy atom. The summed E-state index contributed by atoms with van der Waals surface area (Å²) in [5.41, 5.74) is 0. The molecule has 0 spiro atoms. The number of rotatable bonds is 5. The van der Waals surface area contributed by atoms with Gasteiger partial charge in [-0.25, -0.2) is 4.79 Å². The van der Waals surface area contributed by atoms with E-state index in [1.807, 2.05) is 0 Å². The Morgan fingerprint density at radius 1 is 1.44 bits per heavy atom. The normalized spacial score (nSPS) is 11.9. The number of carboxylic acid groups (broad SMARTS) is 1. The molecule has 1 amide bonds. The second-order valence-electron chi connectivity index (χ2n) is 3.45. The first kappa shape index (κ1) is 15.1. The molecule has 1 atom stereocenters. The molecule has 0 aliphatic rings. The molecule has 0 fully saturated rings. The summed E-state index contributed by atoms with van der Waals surface area (Å²) < 4.78 is 0. The lowest BCUT2D eigenvalue weighted by Gasteiger charge is -2.13. The molecule has 18 heavy (non-hydrogen) atoms. The lowest BCUT2D eigenvalue weighted by molar-refractivity contribution is -0.140. The topological polar surface area (TPSA) is 66.4 Å². The van der Waals surface area contributed by atoms with Gasteiger partial charge in [0.1, 0.15) is 6.04 Å². The Bertz CT molecular complexity index is 468. The third-order valence-electron chi connectivity index (χ3n) is 2.00. The lowest BCUT2D eigenvalue weighted by atomic mass is 10.3. The van der Waals surface area contributed by atoms with Crippen molar-refractivity contribution in [1.29, 1.82) is 0 Å². The molecule has 1 rings (SSSR count). The van der Waals surface area contributed by atoms with Crippen molar-refractivity contribution in [2.75, 3.05) is 5.75 Å². The second-order valence-corrected chi connectivity index (χ2v) is 5.30. The highest BCUT2D eigenvalue weighted by Crippen LogP contribution is 2.33. The Morgan fingerprint density at radius 2 is 2.11 bits per heavy atom. The van der Waals surface area contributed by atoms with Gasteiger partial charge in [0.25, 0.3) is 0 Å². The fourth-order valence-electron chi connectivity index (χ4n) is 1.19. The standard InChI is InChI=1S/C11H11Cl2NO3S/c1-6(15)14-8(11(16)17)5-18-9-4-2-3-7(12)10(9)13/h2-4,8H,5H2,1H3,(H,14,15)(H,16,17). The van der Waals surface area contributed by atoms with Gasteiger partial charge in [0, 0.05) is 17.6 Å². The predicted octanol–water partition coefficient (Wildman–Crippen LogP) is 2.67. The van der Waals surface area contributed by atoms with Gasteiger partial charge in [0.05, 0.1) is 10.0 Å². The molecular weight excluding hydrogens is 297 g/mol. The number of hydrogen-bond donors (Lipinski definition) is 2. The quantitative estimate of drug-likeness (QED) is 0.821. The van der Waals surface area contributed by atoms with E-state index in [9.17, 15) is 9.59 Å². The molecular formula is C11H11Cl2NO3S. The third kappa shape index (κ3) is 4.40. The summed E-state index contributed by atoms with van der Waals surface area (Å²) in [6, 6.07) is 4.16. The number of benzene rings is 1. The van der Waals surface area contributed by atoms with Crippen LogP contribution in [-0.2, 0) is 9.59 Å². The summed E-state index contributed by atoms with van der Waals surface area (Å²) in [5.74, 6) is -1.30. The zero-order chi connectivity index (χ0) is 13.7. The second kappa shape index (κ2) is 6.87. The van der Waals surface area contributed by atoms with Gasteiger partial charge in [-0.15, -0.1) is 11.8 Å². The Labute approximate surface area is 119 Å². The molecule has 4 nitrogen and oxygen atoms in total. The first-order valence-electron chi connectivity index (χ1n) is 4.98. The third-order valence-corrected chi connectivity index (χ3v) is 4.08. The molecule has 0 saturated carbocycles. The molecule has 98 valence electrons. The first-order chi connectivity index (χ1) is 8.41. The van der Waals surface area contributed by atoms with Crippen LogP contribution in [0.4, 0.5) is 0 Å². The van der Waals surface area contributed by atoms with Gasteiger partial charge in [0.2, 0.25) is 5.91 Å². The monoisotopic (exact) mass is 307 g/mol. The Balaban J connectivity index is 2.70. The fourth-order valence-corrected chi connectivity index (χ4v) is 2.69. The van der Waals surface area contributed by atoms with Crippen LogP contribution in [0.3, 0.4) is 0 Å². The van der Waals surface area contributed by atoms with Crippen LogP contribution in [-0.4, -0.2) is 28.8 Å². The van der Waals surface area contributed by atoms with Crippen LogP contribution in [0.1, 0.15) is 6.92 Å². The summed E-state index contributed by atoms with van der Waals surface area (Å²) in [4.78, 5) is 22.5. The van der Waals surface area contributed by atoms with E-state index in [-0.39, 0.29) is 11.7 Å². The minimum Gasteiger partial charge on any atom is -0.480 e. The molecule has 1 aromatic rings. The lowest BCUT2D eigenvalue weighted by Crippen LogP contribution is -2.41. The van der Waals surface area contributed by atoms with Gasteiger partial charge in [-0.05, 0) is 12.1 Å². The average Bonchev–Trinajstić information content (AvgIpc) is 2.28. The highest BCUT2D eigenvalue weighted by Gasteiger charge is 2.19. The molecule has 0 heterocycles. The van der Waals surface area contributed by atoms with E-state index in [0.717, 1.165) is 0 Å². The maximum atomic E-state index is 10.9. The van der Waals surface area contributed by atoms with Crippen molar-refractivity contribution in [3.63, 3.8) is 0 Å². The van der Waals surface area contributed by atoms with Crippen molar-refractivity contribution in [2.45, 2.75) is 17.9 Å². The predicted molar refractivity (Wildman–Crippen MR) is 72.4 cm³/mol. The molecule has 0 bridgehead atoms. The minimum atomic E-state index is -1.09. The number of amides is 1. The number of nitrogens with one attached hydrogen (secondary N) is 1. The largest absolute Gasteiger partial charge is 0.480 e. The van der Waals surface area contributed by atoms with Crippen LogP contribution in [0, 0.1) is 0 Å². The molecule has 1 aromatic carbocycles. The number of carboxylic acids is 1. The molecule has 0 saturated heterocycles. The summed E-state index contributed by atoms with van der Waals surface area (Å²) in [6.45, 7) is 1.27. The van der Waals surface area contributed by atoms with Crippen LogP contribution in [0.5, 0.6) is 0 Å². The summed E-state index contributed by atoms with van der Waals surface area (Å²) in [7, 11) is 0. The maximum Gasteiger partial charge on any atom is 0.327 e. The van der Waals surface area contributed by atoms with Crippen LogP contribution in [0.15, 0.2) is 23.1 Å². The fraction of sp³-hybridized carbons (Fsp3) is 0.273. The van der Waals surface area contributed by atoms with E-state index in [1.165, 1.54) is 18.7 Å². The van der Waals surface area contributed by atoms with Crippen LogP contribution < -0.4 is 5.32 Å². The van der Waals surface area contributed by atoms with Crippen LogP contribution in [0.2, 0.25) is 10.0 Å². The van der Waals surface area contributed by atoms with Gasteiger partial charge in [-0.3, -0.25) is 4.79 Å². The van der Waals surface area contributed by atoms with Crippen molar-refractivity contribution in [2.24, 2.45) is 0 Å². The van der Waals surface area contributed by atoms with E-state index < -0.39 is 12.0 Å². The van der Waals surface area contributed by atoms with E-state index >= 15 is 0 Å². The van der Waals surface area contributed by atoms with Crippen molar-refractivity contribution in [1.82, 2.24) is 5.32 Å². The van der Waals surface area contributed by atoms with Crippen molar-refractivity contribution >= 4 is 46.8 Å². The maximum absolute atomic E-state index is 10.9. The molecule has 1 unspecified atom stereocenters. The Hall–Kier alpha value is -0.910. The minimum absolute atomic E-state index is 0.176. The van der Waals surface area contributed by atoms with E-state index in [1.54, 1.807) is 18.2 Å². The van der Waals surface area contributed by atoms with Gasteiger partial charge < -0.3 is 10.4 Å². The number of aliphatic carboxylic acids is 1.